The number of pyridine rings is 1. The minimum Gasteiger partial charge on any atom is -0.356 e. The van der Waals surface area contributed by atoms with Crippen molar-refractivity contribution in [2.24, 2.45) is 11.3 Å². The number of carbonyl (C=O) groups excluding carboxylic acids is 4. The third-order valence-electron chi connectivity index (χ3n) is 7.65. The molecule has 1 aliphatic heterocycles. The van der Waals surface area contributed by atoms with Gasteiger partial charge in [-0.3, -0.25) is 24.7 Å². The van der Waals surface area contributed by atoms with Crippen molar-refractivity contribution >= 4 is 45.7 Å². The summed E-state index contributed by atoms with van der Waals surface area (Å²) in [5.74, 6) is -0.958. The van der Waals surface area contributed by atoms with Gasteiger partial charge in [-0.25, -0.2) is 4.79 Å². The Labute approximate surface area is 251 Å². The molecule has 3 heterocycles. The fourth-order valence-electron chi connectivity index (χ4n) is 4.95. The predicted octanol–water partition coefficient (Wildman–Crippen LogP) is 6.11. The second kappa shape index (κ2) is 11.7. The number of amides is 4. The summed E-state index contributed by atoms with van der Waals surface area (Å²) in [5, 5.41) is 9.11. The lowest BCUT2D eigenvalue weighted by molar-refractivity contribution is -0.133. The smallest absolute Gasteiger partial charge is 0.324 e. The van der Waals surface area contributed by atoms with Gasteiger partial charge in [-0.2, -0.15) is 0 Å². The van der Waals surface area contributed by atoms with Gasteiger partial charge in [0.05, 0.1) is 11.0 Å². The monoisotopic (exact) mass is 589 g/mol. The van der Waals surface area contributed by atoms with E-state index < -0.39 is 17.4 Å². The second-order valence-corrected chi connectivity index (χ2v) is 13.6. The Morgan fingerprint density at radius 2 is 1.79 bits per heavy atom. The summed E-state index contributed by atoms with van der Waals surface area (Å²) in [6.07, 6.45) is 2.18. The highest BCUT2D eigenvalue weighted by Gasteiger charge is 2.44. The quantitative estimate of drug-likeness (QED) is 0.300. The highest BCUT2D eigenvalue weighted by Crippen LogP contribution is 2.41. The zero-order valence-corrected chi connectivity index (χ0v) is 26.3. The maximum absolute atomic E-state index is 13.8. The molecule has 0 bridgehead atoms. The number of Topliss-reactive ketones (excluding diaryl/α,β-unsaturated/α-hetero) is 1. The lowest BCUT2D eigenvalue weighted by atomic mass is 9.70. The zero-order valence-electron chi connectivity index (χ0n) is 25.5. The summed E-state index contributed by atoms with van der Waals surface area (Å²) < 4.78 is 0. The molecule has 3 aromatic rings. The number of aromatic nitrogens is 1. The Morgan fingerprint density at radius 3 is 2.40 bits per heavy atom. The van der Waals surface area contributed by atoms with Crippen molar-refractivity contribution in [1.82, 2.24) is 15.2 Å². The number of rotatable bonds is 6. The van der Waals surface area contributed by atoms with E-state index in [4.69, 9.17) is 0 Å². The van der Waals surface area contributed by atoms with E-state index in [2.05, 4.69) is 41.7 Å². The first-order chi connectivity index (χ1) is 19.6. The van der Waals surface area contributed by atoms with Crippen LogP contribution in [0, 0.1) is 18.3 Å². The second-order valence-electron chi connectivity index (χ2n) is 12.5. The molecule has 0 radical (unpaired) electrons. The van der Waals surface area contributed by atoms with Crippen LogP contribution in [-0.2, 0) is 10.2 Å². The van der Waals surface area contributed by atoms with Gasteiger partial charge in [-0.05, 0) is 54.2 Å². The minimum absolute atomic E-state index is 0.141. The summed E-state index contributed by atoms with van der Waals surface area (Å²) in [5.41, 5.74) is 2.91. The molecule has 1 aromatic carbocycles. The molecule has 2 aromatic heterocycles. The van der Waals surface area contributed by atoms with Crippen molar-refractivity contribution in [1.29, 1.82) is 0 Å². The van der Waals surface area contributed by atoms with Crippen molar-refractivity contribution < 1.29 is 19.2 Å². The van der Waals surface area contributed by atoms with E-state index in [0.717, 1.165) is 21.6 Å². The van der Waals surface area contributed by atoms with E-state index >= 15 is 0 Å². The predicted molar refractivity (Wildman–Crippen MR) is 167 cm³/mol. The van der Waals surface area contributed by atoms with Crippen molar-refractivity contribution in [3.05, 3.63) is 64.3 Å². The average molecular weight is 590 g/mol. The molecule has 0 aliphatic carbocycles. The molecule has 42 heavy (non-hydrogen) atoms. The summed E-state index contributed by atoms with van der Waals surface area (Å²) in [6, 6.07) is 10.4. The normalized spacial score (nSPS) is 16.4. The van der Waals surface area contributed by atoms with Gasteiger partial charge in [0.15, 0.2) is 5.78 Å². The number of piperidine rings is 1. The van der Waals surface area contributed by atoms with Crippen LogP contribution < -0.4 is 16.0 Å². The Bertz CT molecular complexity index is 1530. The van der Waals surface area contributed by atoms with E-state index in [1.165, 1.54) is 16.2 Å². The van der Waals surface area contributed by atoms with E-state index in [0.29, 0.717) is 34.9 Å². The Morgan fingerprint density at radius 1 is 1.07 bits per heavy atom. The number of urea groups is 1. The van der Waals surface area contributed by atoms with Crippen LogP contribution in [0.2, 0.25) is 0 Å². The van der Waals surface area contributed by atoms with E-state index in [1.807, 2.05) is 31.2 Å². The Kier molecular flexibility index (Phi) is 8.59. The number of nitrogens with one attached hydrogen (secondary N) is 3. The first-order valence-corrected chi connectivity index (χ1v) is 14.7. The first-order valence-electron chi connectivity index (χ1n) is 13.9. The Balaban J connectivity index is 1.58. The zero-order chi connectivity index (χ0) is 31.0. The number of hydrogen-bond donors (Lipinski definition) is 3. The van der Waals surface area contributed by atoms with Gasteiger partial charge >= 0.3 is 6.03 Å². The Hall–Kier alpha value is -4.05. The lowest BCUT2D eigenvalue weighted by Gasteiger charge is -2.36. The van der Waals surface area contributed by atoms with E-state index in [-0.39, 0.29) is 23.0 Å². The number of benzene rings is 1. The van der Waals surface area contributed by atoms with Gasteiger partial charge in [-0.15, -0.1) is 11.3 Å². The molecule has 1 aliphatic rings. The summed E-state index contributed by atoms with van der Waals surface area (Å²) in [6.45, 7) is 12.2. The molecule has 4 amide bonds. The SMILES string of the molecule is Cc1ccc(NC(=O)Nc2sc(C(C)(C)C)cc2C(=O)C2CCNC(=O)C2(C)C)cc1-c1ccc(C(=O)N(C)C)nc1. The van der Waals surface area contributed by atoms with Crippen LogP contribution in [0.5, 0.6) is 0 Å². The molecule has 1 fully saturated rings. The third kappa shape index (κ3) is 6.38. The summed E-state index contributed by atoms with van der Waals surface area (Å²) in [4.78, 5) is 58.6. The topological polar surface area (TPSA) is 120 Å². The number of hydrogen-bond acceptors (Lipinski definition) is 6. The van der Waals surface area contributed by atoms with E-state index in [9.17, 15) is 19.2 Å². The lowest BCUT2D eigenvalue weighted by Crippen LogP contribution is -2.50. The van der Waals surface area contributed by atoms with Crippen molar-refractivity contribution in [3.63, 3.8) is 0 Å². The number of nitrogens with zero attached hydrogens (tertiary/aromatic N) is 2. The van der Waals surface area contributed by atoms with Crippen LogP contribution in [0.3, 0.4) is 0 Å². The van der Waals surface area contributed by atoms with Gasteiger partial charge in [-0.1, -0.05) is 46.8 Å². The maximum atomic E-state index is 13.8. The fraction of sp³-hybridized carbons (Fsp3) is 0.406. The molecule has 10 heteroatoms. The molecular weight excluding hydrogens is 550 g/mol. The maximum Gasteiger partial charge on any atom is 0.324 e. The number of anilines is 2. The molecule has 0 spiro atoms. The van der Waals surface area contributed by atoms with Gasteiger partial charge in [0.1, 0.15) is 10.7 Å². The molecule has 4 rings (SSSR count). The molecule has 9 nitrogen and oxygen atoms in total. The van der Waals surface area contributed by atoms with Crippen molar-refractivity contribution in [2.45, 2.75) is 53.4 Å². The molecule has 3 N–H and O–H groups in total. The first kappa shape index (κ1) is 30.9. The van der Waals surface area contributed by atoms with Crippen molar-refractivity contribution in [3.8, 4) is 11.1 Å². The van der Waals surface area contributed by atoms with Crippen LogP contribution in [0.1, 0.15) is 72.3 Å². The summed E-state index contributed by atoms with van der Waals surface area (Å²) >= 11 is 1.37. The number of aryl methyl sites for hydroxylation is 1. The van der Waals surface area contributed by atoms with Gasteiger partial charge < -0.3 is 15.5 Å². The van der Waals surface area contributed by atoms with Gasteiger partial charge in [0, 0.05) is 48.9 Å². The standard InChI is InChI=1S/C32H39N5O4S/c1-18-9-11-20(15-21(18)19-10-12-24(34-17-19)28(39)37(7)8)35-30(41)36-27-22(16-25(42-27)31(2,3)4)26(38)23-13-14-33-29(40)32(23,5)6/h9-12,15-17,23H,13-14H2,1-8H3,(H,33,40)(H2,35,36,41). The molecular formula is C32H39N5O4S. The average Bonchev–Trinajstić information content (AvgIpc) is 3.35. The molecule has 222 valence electrons. The summed E-state index contributed by atoms with van der Waals surface area (Å²) in [7, 11) is 3.35. The minimum atomic E-state index is -0.857. The van der Waals surface area contributed by atoms with Crippen LogP contribution in [0.15, 0.2) is 42.6 Å². The molecule has 0 saturated carbocycles. The van der Waals surface area contributed by atoms with E-state index in [1.54, 1.807) is 46.3 Å². The van der Waals surface area contributed by atoms with Gasteiger partial charge in [0.2, 0.25) is 5.91 Å². The molecule has 1 atom stereocenters. The highest BCUT2D eigenvalue weighted by molar-refractivity contribution is 7.16. The third-order valence-corrected chi connectivity index (χ3v) is 9.13. The van der Waals surface area contributed by atoms with Gasteiger partial charge in [0.25, 0.3) is 5.91 Å². The van der Waals surface area contributed by atoms with Crippen molar-refractivity contribution in [2.75, 3.05) is 31.3 Å². The van der Waals surface area contributed by atoms with Crippen LogP contribution in [0.25, 0.3) is 11.1 Å². The molecule has 1 saturated heterocycles. The fourth-order valence-corrected chi connectivity index (χ4v) is 6.06. The number of thiophene rings is 1. The number of ketones is 1. The molecule has 1 unspecified atom stereocenters. The van der Waals surface area contributed by atoms with Crippen LogP contribution in [-0.4, -0.2) is 54.2 Å². The van der Waals surface area contributed by atoms with Crippen LogP contribution >= 0.6 is 11.3 Å². The largest absolute Gasteiger partial charge is 0.356 e. The number of carbonyl (C=O) groups is 4. The highest BCUT2D eigenvalue weighted by atomic mass is 32.1. The van der Waals surface area contributed by atoms with Crippen LogP contribution in [0.4, 0.5) is 15.5 Å².